The average molecular weight is 284 g/mol. The highest BCUT2D eigenvalue weighted by atomic mass is 15.2. The molecule has 0 atom stereocenters. The van der Waals surface area contributed by atoms with Crippen molar-refractivity contribution < 1.29 is 0 Å². The summed E-state index contributed by atoms with van der Waals surface area (Å²) in [5, 5.41) is 3.94. The second-order valence-electron chi connectivity index (χ2n) is 7.48. The van der Waals surface area contributed by atoms with Crippen LogP contribution in [0.1, 0.15) is 56.9 Å². The first-order valence-corrected chi connectivity index (χ1v) is 8.93. The van der Waals surface area contributed by atoms with Crippen molar-refractivity contribution in [2.45, 2.75) is 63.5 Å². The van der Waals surface area contributed by atoms with Gasteiger partial charge < -0.3 is 10.2 Å². The molecule has 0 bridgehead atoms. The monoisotopic (exact) mass is 284 g/mol. The molecule has 21 heavy (non-hydrogen) atoms. The predicted molar refractivity (Wildman–Crippen MR) is 88.7 cm³/mol. The van der Waals surface area contributed by atoms with Gasteiger partial charge in [0.15, 0.2) is 0 Å². The average Bonchev–Trinajstić information content (AvgIpc) is 3.35. The summed E-state index contributed by atoms with van der Waals surface area (Å²) in [6, 6.07) is 9.06. The van der Waals surface area contributed by atoms with Crippen LogP contribution in [0.2, 0.25) is 0 Å². The molecule has 0 radical (unpaired) electrons. The van der Waals surface area contributed by atoms with Crippen molar-refractivity contribution >= 4 is 5.69 Å². The molecule has 0 amide bonds. The van der Waals surface area contributed by atoms with Gasteiger partial charge in [-0.1, -0.05) is 50.3 Å². The fourth-order valence-electron chi connectivity index (χ4n) is 4.27. The number of hydrogen-bond donors (Lipinski definition) is 1. The Hall–Kier alpha value is -1.02. The summed E-state index contributed by atoms with van der Waals surface area (Å²) in [4.78, 5) is 2.71. The maximum atomic E-state index is 3.94. The Balaban J connectivity index is 1.58. The van der Waals surface area contributed by atoms with Crippen LogP contribution in [0.4, 0.5) is 5.69 Å². The first kappa shape index (κ1) is 13.6. The fraction of sp³-hybridized carbons (Fsp3) is 0.684. The molecule has 2 fully saturated rings. The van der Waals surface area contributed by atoms with E-state index in [-0.39, 0.29) is 0 Å². The van der Waals surface area contributed by atoms with Crippen molar-refractivity contribution in [2.24, 2.45) is 5.92 Å². The third kappa shape index (κ3) is 2.96. The Kier molecular flexibility index (Phi) is 3.66. The summed E-state index contributed by atoms with van der Waals surface area (Å²) < 4.78 is 0. The number of rotatable bonds is 3. The summed E-state index contributed by atoms with van der Waals surface area (Å²) in [5.74, 6) is 1.02. The van der Waals surface area contributed by atoms with Gasteiger partial charge in [-0.15, -0.1) is 0 Å². The van der Waals surface area contributed by atoms with Crippen LogP contribution in [0.3, 0.4) is 0 Å². The quantitative estimate of drug-likeness (QED) is 0.899. The lowest BCUT2D eigenvalue weighted by molar-refractivity contribution is 0.236. The van der Waals surface area contributed by atoms with Crippen LogP contribution in [-0.2, 0) is 6.54 Å². The van der Waals surface area contributed by atoms with E-state index in [1.165, 1.54) is 75.7 Å². The molecule has 0 aromatic heterocycles. The molecule has 114 valence electrons. The van der Waals surface area contributed by atoms with Gasteiger partial charge in [0.2, 0.25) is 0 Å². The minimum atomic E-state index is 0.376. The highest BCUT2D eigenvalue weighted by Gasteiger charge is 2.36. The normalized spacial score (nSPS) is 24.7. The largest absolute Gasteiger partial charge is 0.369 e. The van der Waals surface area contributed by atoms with Crippen LogP contribution in [0.25, 0.3) is 0 Å². The summed E-state index contributed by atoms with van der Waals surface area (Å²) in [7, 11) is 0. The SMILES string of the molecule is c1ccc2c(c1)CNC1(CCCCC1)CN2CCC1CC1. The lowest BCUT2D eigenvalue weighted by atomic mass is 9.81. The number of benzene rings is 1. The Labute approximate surface area is 128 Å². The van der Waals surface area contributed by atoms with Crippen molar-refractivity contribution in [3.05, 3.63) is 29.8 Å². The molecule has 1 aliphatic heterocycles. The first-order chi connectivity index (χ1) is 10.3. The third-order valence-corrected chi connectivity index (χ3v) is 5.79. The van der Waals surface area contributed by atoms with Crippen LogP contribution in [-0.4, -0.2) is 18.6 Å². The van der Waals surface area contributed by atoms with Gasteiger partial charge >= 0.3 is 0 Å². The highest BCUT2D eigenvalue weighted by molar-refractivity contribution is 5.55. The standard InChI is InChI=1S/C19H28N2/c1-4-11-19(12-5-1)15-21(13-10-16-8-9-16)18-7-3-2-6-17(18)14-20-19/h2-3,6-7,16,20H,1,4-5,8-15H2. The summed E-state index contributed by atoms with van der Waals surface area (Å²) >= 11 is 0. The lowest BCUT2D eigenvalue weighted by Gasteiger charge is -2.40. The third-order valence-electron chi connectivity index (χ3n) is 5.79. The first-order valence-electron chi connectivity index (χ1n) is 8.93. The van der Waals surface area contributed by atoms with E-state index in [1.54, 1.807) is 0 Å². The van der Waals surface area contributed by atoms with Crippen molar-refractivity contribution in [3.63, 3.8) is 0 Å². The van der Waals surface area contributed by atoms with Gasteiger partial charge in [0.05, 0.1) is 0 Å². The number of nitrogens with one attached hydrogen (secondary N) is 1. The molecule has 1 heterocycles. The molecule has 1 spiro atoms. The van der Waals surface area contributed by atoms with E-state index in [0.29, 0.717) is 5.54 Å². The molecule has 4 rings (SSSR count). The Morgan fingerprint density at radius 2 is 1.90 bits per heavy atom. The van der Waals surface area contributed by atoms with Crippen LogP contribution in [0, 0.1) is 5.92 Å². The zero-order valence-electron chi connectivity index (χ0n) is 13.1. The summed E-state index contributed by atoms with van der Waals surface area (Å²) in [6.07, 6.45) is 11.3. The molecule has 1 aromatic rings. The predicted octanol–water partition coefficient (Wildman–Crippen LogP) is 4.10. The van der Waals surface area contributed by atoms with Crippen LogP contribution < -0.4 is 10.2 Å². The minimum Gasteiger partial charge on any atom is -0.369 e. The smallest absolute Gasteiger partial charge is 0.0412 e. The fourth-order valence-corrected chi connectivity index (χ4v) is 4.27. The lowest BCUT2D eigenvalue weighted by Crippen LogP contribution is -2.53. The topological polar surface area (TPSA) is 15.3 Å². The summed E-state index contributed by atoms with van der Waals surface area (Å²) in [6.45, 7) is 3.53. The summed E-state index contributed by atoms with van der Waals surface area (Å²) in [5.41, 5.74) is 3.37. The van der Waals surface area contributed by atoms with Gasteiger partial charge in [-0.25, -0.2) is 0 Å². The highest BCUT2D eigenvalue weighted by Crippen LogP contribution is 2.37. The van der Waals surface area contributed by atoms with Gasteiger partial charge in [-0.05, 0) is 36.8 Å². The van der Waals surface area contributed by atoms with Crippen molar-refractivity contribution in [1.82, 2.24) is 5.32 Å². The number of fused-ring (bicyclic) bond motifs is 1. The zero-order valence-corrected chi connectivity index (χ0v) is 13.1. The van der Waals surface area contributed by atoms with E-state index in [9.17, 15) is 0 Å². The number of hydrogen-bond acceptors (Lipinski definition) is 2. The Morgan fingerprint density at radius 1 is 1.10 bits per heavy atom. The Morgan fingerprint density at radius 3 is 2.71 bits per heavy atom. The van der Waals surface area contributed by atoms with Crippen LogP contribution >= 0.6 is 0 Å². The van der Waals surface area contributed by atoms with Crippen LogP contribution in [0.5, 0.6) is 0 Å². The number of para-hydroxylation sites is 1. The van der Waals surface area contributed by atoms with Gasteiger partial charge in [0.1, 0.15) is 0 Å². The molecule has 2 aliphatic carbocycles. The van der Waals surface area contributed by atoms with E-state index in [1.807, 2.05) is 0 Å². The second-order valence-corrected chi connectivity index (χ2v) is 7.48. The molecule has 0 unspecified atom stereocenters. The molecular formula is C19H28N2. The second kappa shape index (κ2) is 5.64. The Bertz CT molecular complexity index is 486. The van der Waals surface area contributed by atoms with Gasteiger partial charge in [0.25, 0.3) is 0 Å². The molecule has 2 heteroatoms. The van der Waals surface area contributed by atoms with Gasteiger partial charge in [-0.3, -0.25) is 0 Å². The molecule has 0 saturated heterocycles. The molecular weight excluding hydrogens is 256 g/mol. The maximum Gasteiger partial charge on any atom is 0.0412 e. The number of anilines is 1. The van der Waals surface area contributed by atoms with E-state index in [0.717, 1.165) is 12.5 Å². The van der Waals surface area contributed by atoms with E-state index in [2.05, 4.69) is 34.5 Å². The minimum absolute atomic E-state index is 0.376. The van der Waals surface area contributed by atoms with Gasteiger partial charge in [0, 0.05) is 30.9 Å². The zero-order chi connectivity index (χ0) is 14.1. The van der Waals surface area contributed by atoms with Crippen molar-refractivity contribution in [2.75, 3.05) is 18.0 Å². The van der Waals surface area contributed by atoms with E-state index >= 15 is 0 Å². The van der Waals surface area contributed by atoms with Crippen LogP contribution in [0.15, 0.2) is 24.3 Å². The van der Waals surface area contributed by atoms with Gasteiger partial charge in [-0.2, -0.15) is 0 Å². The van der Waals surface area contributed by atoms with Crippen molar-refractivity contribution in [1.29, 1.82) is 0 Å². The van der Waals surface area contributed by atoms with E-state index in [4.69, 9.17) is 0 Å². The molecule has 1 N–H and O–H groups in total. The van der Waals surface area contributed by atoms with Crippen molar-refractivity contribution in [3.8, 4) is 0 Å². The molecule has 2 nitrogen and oxygen atoms in total. The molecule has 1 aromatic carbocycles. The number of nitrogens with zero attached hydrogens (tertiary/aromatic N) is 1. The maximum absolute atomic E-state index is 3.94. The molecule has 3 aliphatic rings. The van der Waals surface area contributed by atoms with E-state index < -0.39 is 0 Å². The molecule has 2 saturated carbocycles.